The largest absolute Gasteiger partial charge is 0.458 e. The maximum atomic E-state index is 13.5. The van der Waals surface area contributed by atoms with Gasteiger partial charge in [-0.15, -0.1) is 0 Å². The fraction of sp³-hybridized carbons (Fsp3) is 0.318. The normalized spacial score (nSPS) is 19.9. The Balaban J connectivity index is 1.82. The molecule has 1 N–H and O–H groups in total. The predicted octanol–water partition coefficient (Wildman–Crippen LogP) is 3.70. The van der Waals surface area contributed by atoms with E-state index in [0.29, 0.717) is 23.0 Å². The third-order valence-corrected chi connectivity index (χ3v) is 7.11. The van der Waals surface area contributed by atoms with E-state index in [0.717, 1.165) is 28.5 Å². The summed E-state index contributed by atoms with van der Waals surface area (Å²) in [5, 5.41) is 1.55. The summed E-state index contributed by atoms with van der Waals surface area (Å²) in [4.78, 5) is 40.4. The van der Waals surface area contributed by atoms with Crippen LogP contribution in [0.15, 0.2) is 29.1 Å². The first-order valence-electron chi connectivity index (χ1n) is 10.3. The van der Waals surface area contributed by atoms with Crippen molar-refractivity contribution in [3.05, 3.63) is 61.9 Å². The van der Waals surface area contributed by atoms with Gasteiger partial charge in [0.1, 0.15) is 6.61 Å². The maximum Gasteiger partial charge on any atom is 0.344 e. The molecule has 0 aliphatic carbocycles. The molecule has 3 aromatic rings. The zero-order valence-electron chi connectivity index (χ0n) is 17.4. The van der Waals surface area contributed by atoms with Gasteiger partial charge in [-0.3, -0.25) is 13.9 Å². The van der Waals surface area contributed by atoms with Gasteiger partial charge in [-0.1, -0.05) is 25.4 Å². The molecule has 0 saturated heterocycles. The van der Waals surface area contributed by atoms with Crippen molar-refractivity contribution in [2.24, 2.45) is 0 Å². The molecule has 0 saturated carbocycles. The summed E-state index contributed by atoms with van der Waals surface area (Å²) in [6, 6.07) is 7.17. The molecular formula is C22H20ClN2O6P. The van der Waals surface area contributed by atoms with Crippen LogP contribution in [0.2, 0.25) is 5.02 Å². The topological polar surface area (TPSA) is 108 Å². The van der Waals surface area contributed by atoms with Crippen molar-refractivity contribution in [3.63, 3.8) is 0 Å². The van der Waals surface area contributed by atoms with Crippen LogP contribution in [0.1, 0.15) is 42.5 Å². The lowest BCUT2D eigenvalue weighted by atomic mass is 9.86. The minimum Gasteiger partial charge on any atom is -0.458 e. The van der Waals surface area contributed by atoms with Crippen molar-refractivity contribution in [2.45, 2.75) is 45.4 Å². The van der Waals surface area contributed by atoms with E-state index >= 15 is 0 Å². The number of halogens is 1. The third kappa shape index (κ3) is 2.90. The molecule has 0 spiro atoms. The second-order valence-corrected chi connectivity index (χ2v) is 9.04. The SMILES string of the molecule is CCc1c2c(nc3ccc(Cl)cc13)-c1cc3c(c(=O)n1C2)COC(=O)[C@@]3(CC)O[PH](=O)O. The first-order chi connectivity index (χ1) is 15.3. The fourth-order valence-electron chi connectivity index (χ4n) is 4.84. The van der Waals surface area contributed by atoms with Gasteiger partial charge < -0.3 is 14.2 Å². The van der Waals surface area contributed by atoms with Crippen LogP contribution >= 0.6 is 19.9 Å². The molecule has 2 aliphatic heterocycles. The van der Waals surface area contributed by atoms with Gasteiger partial charge in [-0.25, -0.2) is 9.78 Å². The molecule has 2 aliphatic rings. The summed E-state index contributed by atoms with van der Waals surface area (Å²) in [7, 11) is -3.49. The Morgan fingerprint density at radius 1 is 1.28 bits per heavy atom. The van der Waals surface area contributed by atoms with Gasteiger partial charge in [-0.2, -0.15) is 0 Å². The molecule has 0 radical (unpaired) electrons. The number of esters is 1. The van der Waals surface area contributed by atoms with Crippen molar-refractivity contribution in [2.75, 3.05) is 0 Å². The number of pyridine rings is 2. The highest BCUT2D eigenvalue weighted by atomic mass is 35.5. The summed E-state index contributed by atoms with van der Waals surface area (Å²) in [5.74, 6) is -0.780. The molecule has 0 amide bonds. The Bertz CT molecular complexity index is 1400. The molecule has 32 heavy (non-hydrogen) atoms. The van der Waals surface area contributed by atoms with E-state index in [1.54, 1.807) is 23.6 Å². The number of hydrogen-bond donors (Lipinski definition) is 1. The Morgan fingerprint density at radius 2 is 2.06 bits per heavy atom. The number of rotatable bonds is 4. The molecule has 2 atom stereocenters. The van der Waals surface area contributed by atoms with Crippen molar-refractivity contribution in [1.29, 1.82) is 0 Å². The standard InChI is InChI=1S/C22H20ClN2O6P/c1-3-12-13-7-11(23)5-6-17(13)24-19-14(12)9-25-18(19)8-16-15(20(25)26)10-30-21(27)22(16,4-2)31-32(28)29/h5-8,32H,3-4,9-10H2,1-2H3,(H,28,29)/t22-/m0/s1. The van der Waals surface area contributed by atoms with Crippen LogP contribution in [0.4, 0.5) is 0 Å². The van der Waals surface area contributed by atoms with E-state index in [2.05, 4.69) is 0 Å². The molecular weight excluding hydrogens is 455 g/mol. The van der Waals surface area contributed by atoms with Crippen LogP contribution in [0.3, 0.4) is 0 Å². The van der Waals surface area contributed by atoms with Crippen LogP contribution in [0, 0.1) is 0 Å². The highest BCUT2D eigenvalue weighted by Crippen LogP contribution is 2.45. The Morgan fingerprint density at radius 3 is 2.75 bits per heavy atom. The zero-order valence-corrected chi connectivity index (χ0v) is 19.2. The van der Waals surface area contributed by atoms with E-state index < -0.39 is 19.8 Å². The smallest absolute Gasteiger partial charge is 0.344 e. The van der Waals surface area contributed by atoms with Gasteiger partial charge in [0.05, 0.1) is 29.0 Å². The molecule has 4 heterocycles. The van der Waals surface area contributed by atoms with Crippen molar-refractivity contribution < 1.29 is 23.5 Å². The van der Waals surface area contributed by atoms with Gasteiger partial charge >= 0.3 is 14.2 Å². The number of cyclic esters (lactones) is 1. The first-order valence-corrected chi connectivity index (χ1v) is 11.9. The first kappa shape index (κ1) is 21.3. The van der Waals surface area contributed by atoms with E-state index in [9.17, 15) is 19.0 Å². The van der Waals surface area contributed by atoms with E-state index in [4.69, 9.17) is 25.8 Å². The Kier molecular flexibility index (Phi) is 5.02. The fourth-order valence-corrected chi connectivity index (χ4v) is 5.65. The van der Waals surface area contributed by atoms with Crippen molar-refractivity contribution >= 4 is 36.7 Å². The van der Waals surface area contributed by atoms with E-state index in [1.807, 2.05) is 19.1 Å². The van der Waals surface area contributed by atoms with Crippen LogP contribution < -0.4 is 5.56 Å². The summed E-state index contributed by atoms with van der Waals surface area (Å²) in [6.45, 7) is 3.80. The predicted molar refractivity (Wildman–Crippen MR) is 119 cm³/mol. The summed E-state index contributed by atoms with van der Waals surface area (Å²) in [5.41, 5.74) is 2.30. The quantitative estimate of drug-likeness (QED) is 0.355. The highest BCUT2D eigenvalue weighted by Gasteiger charge is 2.49. The highest BCUT2D eigenvalue weighted by molar-refractivity contribution is 7.32. The van der Waals surface area contributed by atoms with Crippen LogP contribution in [0.25, 0.3) is 22.3 Å². The molecule has 10 heteroatoms. The van der Waals surface area contributed by atoms with Crippen LogP contribution in [0.5, 0.6) is 0 Å². The minimum absolute atomic E-state index is 0.0371. The van der Waals surface area contributed by atoms with Crippen molar-refractivity contribution in [1.82, 2.24) is 9.55 Å². The Hall–Kier alpha value is -2.51. The number of hydrogen-bond acceptors (Lipinski definition) is 6. The number of ether oxygens (including phenoxy) is 1. The molecule has 1 aromatic carbocycles. The summed E-state index contributed by atoms with van der Waals surface area (Å²) >= 11 is 6.22. The average molecular weight is 475 g/mol. The number of carbonyl (C=O) groups is 1. The van der Waals surface area contributed by atoms with Gasteiger partial charge in [0.2, 0.25) is 0 Å². The zero-order chi connectivity index (χ0) is 22.8. The number of carbonyl (C=O) groups excluding carboxylic acids is 1. The monoisotopic (exact) mass is 474 g/mol. The summed E-state index contributed by atoms with van der Waals surface area (Å²) in [6.07, 6.45) is 0.760. The lowest BCUT2D eigenvalue weighted by Gasteiger charge is -2.34. The average Bonchev–Trinajstić information content (AvgIpc) is 3.12. The third-order valence-electron chi connectivity index (χ3n) is 6.35. The number of fused-ring (bicyclic) bond motifs is 5. The van der Waals surface area contributed by atoms with Gasteiger partial charge in [0.15, 0.2) is 5.60 Å². The molecule has 8 nitrogen and oxygen atoms in total. The Labute approximate surface area is 188 Å². The van der Waals surface area contributed by atoms with Gasteiger partial charge in [0.25, 0.3) is 5.56 Å². The van der Waals surface area contributed by atoms with Gasteiger partial charge in [0, 0.05) is 21.5 Å². The second-order valence-electron chi connectivity index (χ2n) is 7.87. The summed E-state index contributed by atoms with van der Waals surface area (Å²) < 4.78 is 23.7. The molecule has 0 bridgehead atoms. The molecule has 2 aromatic heterocycles. The van der Waals surface area contributed by atoms with E-state index in [-0.39, 0.29) is 29.7 Å². The van der Waals surface area contributed by atoms with Crippen LogP contribution in [-0.4, -0.2) is 20.4 Å². The number of nitrogens with zero attached hydrogens (tertiary/aromatic N) is 2. The molecule has 166 valence electrons. The molecule has 5 rings (SSSR count). The number of aryl methyl sites for hydroxylation is 1. The number of benzene rings is 1. The number of aromatic nitrogens is 2. The second kappa shape index (κ2) is 7.52. The maximum absolute atomic E-state index is 13.5. The van der Waals surface area contributed by atoms with Crippen LogP contribution in [-0.2, 0) is 43.8 Å². The minimum atomic E-state index is -3.49. The van der Waals surface area contributed by atoms with Crippen molar-refractivity contribution in [3.8, 4) is 11.4 Å². The lowest BCUT2D eigenvalue weighted by Crippen LogP contribution is -2.45. The lowest BCUT2D eigenvalue weighted by molar-refractivity contribution is -0.169. The van der Waals surface area contributed by atoms with Gasteiger partial charge in [-0.05, 0) is 42.7 Å². The molecule has 1 unspecified atom stereocenters. The van der Waals surface area contributed by atoms with E-state index in [1.165, 1.54) is 0 Å². The molecule has 0 fully saturated rings.